The smallest absolute Gasteiger partial charge is 0.258 e. The molecular formula is C22H19ClN4O2. The molecule has 2 heterocycles. The molecule has 0 aliphatic rings. The van der Waals surface area contributed by atoms with E-state index < -0.39 is 0 Å². The summed E-state index contributed by atoms with van der Waals surface area (Å²) in [7, 11) is 0. The Kier molecular flexibility index (Phi) is 5.18. The Morgan fingerprint density at radius 2 is 1.86 bits per heavy atom. The Labute approximate surface area is 173 Å². The van der Waals surface area contributed by atoms with Crippen molar-refractivity contribution in [2.45, 2.75) is 13.8 Å². The molecule has 0 bridgehead atoms. The predicted octanol–water partition coefficient (Wildman–Crippen LogP) is 5.03. The van der Waals surface area contributed by atoms with Gasteiger partial charge in [0.05, 0.1) is 34.0 Å². The van der Waals surface area contributed by atoms with Gasteiger partial charge in [0.2, 0.25) is 0 Å². The Morgan fingerprint density at radius 1 is 1.14 bits per heavy atom. The highest BCUT2D eigenvalue weighted by Gasteiger charge is 2.20. The maximum Gasteiger partial charge on any atom is 0.258 e. The van der Waals surface area contributed by atoms with Crippen molar-refractivity contribution in [3.8, 4) is 11.4 Å². The van der Waals surface area contributed by atoms with Gasteiger partial charge in [0.25, 0.3) is 5.91 Å². The number of rotatable bonds is 5. The van der Waals surface area contributed by atoms with E-state index in [4.69, 9.17) is 16.3 Å². The third-order valence-electron chi connectivity index (χ3n) is 4.48. The fraction of sp³-hybridized carbons (Fsp3) is 0.136. The zero-order valence-electron chi connectivity index (χ0n) is 16.0. The number of halogens is 1. The topological polar surface area (TPSA) is 69.0 Å². The lowest BCUT2D eigenvalue weighted by Crippen LogP contribution is -2.13. The van der Waals surface area contributed by atoms with Gasteiger partial charge in [-0.2, -0.15) is 5.10 Å². The van der Waals surface area contributed by atoms with E-state index in [-0.39, 0.29) is 5.91 Å². The summed E-state index contributed by atoms with van der Waals surface area (Å²) in [6.45, 7) is 4.36. The quantitative estimate of drug-likeness (QED) is 0.504. The van der Waals surface area contributed by atoms with Gasteiger partial charge in [-0.25, -0.2) is 9.67 Å². The number of pyridine rings is 1. The average Bonchev–Trinajstić information content (AvgIpc) is 3.08. The Hall–Kier alpha value is -3.38. The van der Waals surface area contributed by atoms with Crippen molar-refractivity contribution in [3.63, 3.8) is 0 Å². The zero-order chi connectivity index (χ0) is 20.4. The minimum Gasteiger partial charge on any atom is -0.494 e. The number of aryl methyl sites for hydroxylation is 1. The SMILES string of the molecule is CCOc1ccc(NC(=O)c2cnc3c(c(C)nn3-c3ccccc3)c2Cl)cc1. The van der Waals surface area contributed by atoms with Gasteiger partial charge in [-0.1, -0.05) is 29.8 Å². The minimum atomic E-state index is -0.333. The molecule has 4 rings (SSSR count). The van der Waals surface area contributed by atoms with Crippen molar-refractivity contribution in [1.29, 1.82) is 0 Å². The molecule has 2 aromatic heterocycles. The van der Waals surface area contributed by atoms with Crippen LogP contribution in [0, 0.1) is 6.92 Å². The first-order chi connectivity index (χ1) is 14.1. The van der Waals surface area contributed by atoms with E-state index in [1.807, 2.05) is 44.2 Å². The number of fused-ring (bicyclic) bond motifs is 1. The molecule has 0 aliphatic heterocycles. The number of nitrogens with one attached hydrogen (secondary N) is 1. The second-order valence-corrected chi connectivity index (χ2v) is 6.81. The van der Waals surface area contributed by atoms with E-state index in [9.17, 15) is 4.79 Å². The molecule has 1 amide bonds. The third-order valence-corrected chi connectivity index (χ3v) is 4.87. The number of carbonyl (C=O) groups is 1. The molecule has 0 spiro atoms. The number of para-hydroxylation sites is 1. The van der Waals surface area contributed by atoms with E-state index in [1.165, 1.54) is 6.20 Å². The lowest BCUT2D eigenvalue weighted by atomic mass is 10.2. The van der Waals surface area contributed by atoms with Crippen LogP contribution >= 0.6 is 11.6 Å². The number of carbonyl (C=O) groups excluding carboxylic acids is 1. The first-order valence-electron chi connectivity index (χ1n) is 9.22. The minimum absolute atomic E-state index is 0.295. The van der Waals surface area contributed by atoms with Crippen LogP contribution in [0.5, 0.6) is 5.75 Å². The highest BCUT2D eigenvalue weighted by Crippen LogP contribution is 2.30. The number of hydrogen-bond donors (Lipinski definition) is 1. The van der Waals surface area contributed by atoms with Crippen molar-refractivity contribution < 1.29 is 9.53 Å². The van der Waals surface area contributed by atoms with Crippen molar-refractivity contribution in [3.05, 3.63) is 77.1 Å². The van der Waals surface area contributed by atoms with Gasteiger partial charge in [0.15, 0.2) is 5.65 Å². The molecular weight excluding hydrogens is 388 g/mol. The predicted molar refractivity (Wildman–Crippen MR) is 114 cm³/mol. The van der Waals surface area contributed by atoms with Gasteiger partial charge in [-0.15, -0.1) is 0 Å². The molecule has 29 heavy (non-hydrogen) atoms. The molecule has 7 heteroatoms. The summed E-state index contributed by atoms with van der Waals surface area (Å²) in [5.74, 6) is 0.413. The van der Waals surface area contributed by atoms with Gasteiger partial charge < -0.3 is 10.1 Å². The van der Waals surface area contributed by atoms with Crippen LogP contribution in [0.25, 0.3) is 16.7 Å². The molecule has 6 nitrogen and oxygen atoms in total. The number of anilines is 1. The number of nitrogens with zero attached hydrogens (tertiary/aromatic N) is 3. The fourth-order valence-electron chi connectivity index (χ4n) is 3.12. The van der Waals surface area contributed by atoms with Crippen molar-refractivity contribution >= 4 is 34.2 Å². The highest BCUT2D eigenvalue weighted by atomic mass is 35.5. The summed E-state index contributed by atoms with van der Waals surface area (Å²) in [6, 6.07) is 16.8. The lowest BCUT2D eigenvalue weighted by Gasteiger charge is -2.09. The van der Waals surface area contributed by atoms with E-state index in [1.54, 1.807) is 28.9 Å². The van der Waals surface area contributed by atoms with Gasteiger partial charge in [-0.3, -0.25) is 4.79 Å². The standard InChI is InChI=1S/C22H19ClN4O2/c1-3-29-17-11-9-15(10-12-17)25-22(28)18-13-24-21-19(20(18)23)14(2)26-27(21)16-7-5-4-6-8-16/h4-13H,3H2,1-2H3,(H,25,28). The molecule has 0 aliphatic carbocycles. The summed E-state index contributed by atoms with van der Waals surface area (Å²) >= 11 is 6.60. The average molecular weight is 407 g/mol. The van der Waals surface area contributed by atoms with Crippen LogP contribution in [0.1, 0.15) is 23.0 Å². The molecule has 1 N–H and O–H groups in total. The van der Waals surface area contributed by atoms with E-state index in [0.29, 0.717) is 39.6 Å². The van der Waals surface area contributed by atoms with E-state index in [2.05, 4.69) is 15.4 Å². The third kappa shape index (κ3) is 3.67. The molecule has 0 fully saturated rings. The largest absolute Gasteiger partial charge is 0.494 e. The van der Waals surface area contributed by atoms with Gasteiger partial charge in [0.1, 0.15) is 5.75 Å². The molecule has 0 atom stereocenters. The molecule has 4 aromatic rings. The lowest BCUT2D eigenvalue weighted by molar-refractivity contribution is 0.102. The van der Waals surface area contributed by atoms with Crippen molar-refractivity contribution in [1.82, 2.24) is 14.8 Å². The van der Waals surface area contributed by atoms with Crippen LogP contribution in [-0.2, 0) is 0 Å². The molecule has 2 aromatic carbocycles. The van der Waals surface area contributed by atoms with Gasteiger partial charge in [0, 0.05) is 11.9 Å². The van der Waals surface area contributed by atoms with Crippen LogP contribution in [0.3, 0.4) is 0 Å². The van der Waals surface area contributed by atoms with Crippen LogP contribution in [0.15, 0.2) is 60.8 Å². The maximum absolute atomic E-state index is 12.8. The van der Waals surface area contributed by atoms with Crippen LogP contribution in [0.2, 0.25) is 5.02 Å². The normalized spacial score (nSPS) is 10.9. The summed E-state index contributed by atoms with van der Waals surface area (Å²) in [4.78, 5) is 17.3. The molecule has 0 unspecified atom stereocenters. The molecule has 146 valence electrons. The van der Waals surface area contributed by atoms with Gasteiger partial charge in [-0.05, 0) is 50.2 Å². The second-order valence-electron chi connectivity index (χ2n) is 6.43. The number of aromatic nitrogens is 3. The first-order valence-corrected chi connectivity index (χ1v) is 9.59. The maximum atomic E-state index is 12.8. The van der Waals surface area contributed by atoms with Crippen LogP contribution < -0.4 is 10.1 Å². The summed E-state index contributed by atoms with van der Waals surface area (Å²) < 4.78 is 7.14. The first kappa shape index (κ1) is 19.0. The highest BCUT2D eigenvalue weighted by molar-refractivity contribution is 6.39. The Bertz CT molecular complexity index is 1170. The van der Waals surface area contributed by atoms with Crippen molar-refractivity contribution in [2.24, 2.45) is 0 Å². The van der Waals surface area contributed by atoms with Crippen LogP contribution in [-0.4, -0.2) is 27.3 Å². The molecule has 0 saturated heterocycles. The number of hydrogen-bond acceptors (Lipinski definition) is 4. The number of ether oxygens (including phenoxy) is 1. The Balaban J connectivity index is 1.67. The molecule has 0 radical (unpaired) electrons. The van der Waals surface area contributed by atoms with Gasteiger partial charge >= 0.3 is 0 Å². The van der Waals surface area contributed by atoms with Crippen LogP contribution in [0.4, 0.5) is 5.69 Å². The Morgan fingerprint density at radius 3 is 2.55 bits per heavy atom. The van der Waals surface area contributed by atoms with E-state index >= 15 is 0 Å². The second kappa shape index (κ2) is 7.93. The molecule has 0 saturated carbocycles. The summed E-state index contributed by atoms with van der Waals surface area (Å²) in [6.07, 6.45) is 1.48. The van der Waals surface area contributed by atoms with Crippen molar-refractivity contribution in [2.75, 3.05) is 11.9 Å². The number of benzene rings is 2. The monoisotopic (exact) mass is 406 g/mol. The number of amides is 1. The summed E-state index contributed by atoms with van der Waals surface area (Å²) in [5, 5.41) is 8.39. The summed E-state index contributed by atoms with van der Waals surface area (Å²) in [5.41, 5.74) is 3.13. The zero-order valence-corrected chi connectivity index (χ0v) is 16.8. The van der Waals surface area contributed by atoms with E-state index in [0.717, 1.165) is 11.4 Å². The fourth-order valence-corrected chi connectivity index (χ4v) is 3.47.